The standard InChI is InChI=1S/C42H57N7O5S/c1-26-11-12-30(36(41(5,6)40(50)53-7)33-15-16-34-37(29(33)4)45-46-49(34)32-13-14-32)22-31(26)24-48-25-42(17-18-42)54-39-35(55(48,51)52)21-27(2)38(44-39)43-28(3)23-47-19-9-8-10-20-47/h11-12,15-16,21-22,28,32,36,51-52H,8-10,13-14,17-20,23-25H2,1-7H3,(H,43,44)/t28-,36?/m0/s1. The van der Waals surface area contributed by atoms with E-state index in [2.05, 4.69) is 64.7 Å². The number of nitrogens with one attached hydrogen (secondary N) is 1. The lowest BCUT2D eigenvalue weighted by Gasteiger charge is -2.42. The van der Waals surface area contributed by atoms with Gasteiger partial charge in [-0.2, -0.15) is 9.29 Å². The molecule has 2 atom stereocenters. The van der Waals surface area contributed by atoms with E-state index in [1.807, 2.05) is 38.4 Å². The summed E-state index contributed by atoms with van der Waals surface area (Å²) < 4.78 is 40.2. The summed E-state index contributed by atoms with van der Waals surface area (Å²) in [5.74, 6) is 0.319. The molecule has 0 radical (unpaired) electrons. The lowest BCUT2D eigenvalue weighted by Crippen LogP contribution is -2.38. The Hall–Kier alpha value is -3.75. The van der Waals surface area contributed by atoms with Gasteiger partial charge in [-0.1, -0.05) is 35.9 Å². The van der Waals surface area contributed by atoms with Crippen molar-refractivity contribution in [1.82, 2.24) is 29.2 Å². The molecule has 1 spiro atoms. The fourth-order valence-electron chi connectivity index (χ4n) is 8.78. The summed E-state index contributed by atoms with van der Waals surface area (Å²) in [5, 5.41) is 12.7. The summed E-state index contributed by atoms with van der Waals surface area (Å²) in [5.41, 5.74) is 6.06. The zero-order valence-electron chi connectivity index (χ0n) is 33.4. The van der Waals surface area contributed by atoms with Crippen molar-refractivity contribution >= 4 is 33.6 Å². The van der Waals surface area contributed by atoms with Gasteiger partial charge in [0, 0.05) is 25.0 Å². The third-order valence-corrected chi connectivity index (χ3v) is 14.2. The predicted octanol–water partition coefficient (Wildman–Crippen LogP) is 8.16. The van der Waals surface area contributed by atoms with Gasteiger partial charge in [0.2, 0.25) is 5.88 Å². The molecular weight excluding hydrogens is 715 g/mol. The summed E-state index contributed by atoms with van der Waals surface area (Å²) in [4.78, 5) is 21.3. The largest absolute Gasteiger partial charge is 0.469 e. The van der Waals surface area contributed by atoms with Crippen molar-refractivity contribution in [1.29, 1.82) is 0 Å². The SMILES string of the molecule is COC(=O)C(C)(C)C(c1ccc(C)c(CN2CC3(CC3)Oc3nc(N[C@@H](C)CN4CCCCC4)c(C)cc3S2(O)O)c1)c1ccc2c(nnn2C2CC2)c1C. The van der Waals surface area contributed by atoms with Gasteiger partial charge in [-0.3, -0.25) is 13.9 Å². The average molecular weight is 772 g/mol. The molecule has 2 saturated carbocycles. The Morgan fingerprint density at radius 1 is 1.07 bits per heavy atom. The summed E-state index contributed by atoms with van der Waals surface area (Å²) in [6.45, 7) is 15.9. The number of rotatable bonds is 11. The highest BCUT2D eigenvalue weighted by Crippen LogP contribution is 2.61. The second-order valence-corrected chi connectivity index (χ2v) is 19.2. The van der Waals surface area contributed by atoms with E-state index >= 15 is 0 Å². The number of aryl methyl sites for hydroxylation is 3. The van der Waals surface area contributed by atoms with Crippen LogP contribution in [-0.2, 0) is 16.1 Å². The van der Waals surface area contributed by atoms with Crippen LogP contribution in [0.2, 0.25) is 0 Å². The molecule has 13 heteroatoms. The predicted molar refractivity (Wildman–Crippen MR) is 216 cm³/mol. The molecule has 3 N–H and O–H groups in total. The van der Waals surface area contributed by atoms with Crippen LogP contribution in [-0.4, -0.2) is 89.2 Å². The maximum absolute atomic E-state index is 13.5. The number of aromatic nitrogens is 4. The molecule has 55 heavy (non-hydrogen) atoms. The molecule has 0 bridgehead atoms. The molecule has 8 rings (SSSR count). The Kier molecular flexibility index (Phi) is 9.93. The molecule has 4 aromatic rings. The van der Waals surface area contributed by atoms with Crippen LogP contribution < -0.4 is 10.1 Å². The fraction of sp³-hybridized carbons (Fsp3) is 0.571. The van der Waals surface area contributed by atoms with Gasteiger partial charge in [-0.25, -0.2) is 4.68 Å². The number of ether oxygens (including phenoxy) is 2. The summed E-state index contributed by atoms with van der Waals surface area (Å²) in [7, 11) is -2.07. The molecule has 1 saturated heterocycles. The van der Waals surface area contributed by atoms with Crippen molar-refractivity contribution in [3.05, 3.63) is 69.8 Å². The first-order valence-corrected chi connectivity index (χ1v) is 21.5. The molecule has 4 aliphatic rings. The fourth-order valence-corrected chi connectivity index (χ4v) is 10.5. The number of likely N-dealkylation sites (tertiary alicyclic amines) is 1. The summed E-state index contributed by atoms with van der Waals surface area (Å²) >= 11 is 0. The van der Waals surface area contributed by atoms with Gasteiger partial charge in [-0.15, -0.1) is 15.9 Å². The number of piperidine rings is 1. The maximum atomic E-state index is 13.5. The number of carbonyl (C=O) groups excluding carboxylic acids is 1. The molecule has 12 nitrogen and oxygen atoms in total. The van der Waals surface area contributed by atoms with Crippen LogP contribution in [0.3, 0.4) is 0 Å². The Balaban J connectivity index is 1.12. The second kappa shape index (κ2) is 14.3. The molecule has 4 heterocycles. The number of fused-ring (bicyclic) bond motifs is 2. The topological polar surface area (TPSA) is 138 Å². The van der Waals surface area contributed by atoms with Gasteiger partial charge < -0.3 is 19.7 Å². The number of esters is 1. The number of benzene rings is 2. The van der Waals surface area contributed by atoms with Crippen molar-refractivity contribution in [3.63, 3.8) is 0 Å². The smallest absolute Gasteiger partial charge is 0.312 e. The van der Waals surface area contributed by atoms with Crippen LogP contribution in [0, 0.1) is 26.2 Å². The van der Waals surface area contributed by atoms with Crippen molar-refractivity contribution < 1.29 is 23.4 Å². The monoisotopic (exact) mass is 771 g/mol. The van der Waals surface area contributed by atoms with E-state index in [1.54, 1.807) is 4.31 Å². The first kappa shape index (κ1) is 38.1. The molecule has 3 fully saturated rings. The van der Waals surface area contributed by atoms with Crippen LogP contribution in [0.25, 0.3) is 11.0 Å². The van der Waals surface area contributed by atoms with Gasteiger partial charge in [0.05, 0.1) is 30.6 Å². The van der Waals surface area contributed by atoms with Crippen molar-refractivity contribution in [2.45, 2.75) is 122 Å². The lowest BCUT2D eigenvalue weighted by atomic mass is 9.69. The van der Waals surface area contributed by atoms with Gasteiger partial charge in [0.1, 0.15) is 21.8 Å². The van der Waals surface area contributed by atoms with E-state index in [0.717, 1.165) is 89.7 Å². The van der Waals surface area contributed by atoms with E-state index in [-0.39, 0.29) is 24.5 Å². The second-order valence-electron chi connectivity index (χ2n) is 17.2. The Labute approximate surface area is 326 Å². The summed E-state index contributed by atoms with van der Waals surface area (Å²) in [6, 6.07) is 12.9. The molecular formula is C42H57N7O5S. The van der Waals surface area contributed by atoms with Gasteiger partial charge >= 0.3 is 5.97 Å². The summed E-state index contributed by atoms with van der Waals surface area (Å²) in [6.07, 6.45) is 7.61. The zero-order valence-corrected chi connectivity index (χ0v) is 34.2. The zero-order chi connectivity index (χ0) is 38.9. The van der Waals surface area contributed by atoms with Crippen molar-refractivity contribution in [2.75, 3.05) is 38.6 Å². The van der Waals surface area contributed by atoms with Crippen LogP contribution in [0.1, 0.15) is 111 Å². The number of pyridine rings is 1. The first-order chi connectivity index (χ1) is 26.2. The van der Waals surface area contributed by atoms with E-state index in [0.29, 0.717) is 29.2 Å². The number of anilines is 1. The number of hydrogen-bond acceptors (Lipinski definition) is 11. The van der Waals surface area contributed by atoms with Crippen LogP contribution in [0.15, 0.2) is 41.3 Å². The van der Waals surface area contributed by atoms with E-state index in [4.69, 9.17) is 14.5 Å². The molecule has 0 amide bonds. The lowest BCUT2D eigenvalue weighted by molar-refractivity contribution is -0.151. The number of carbonyl (C=O) groups is 1. The number of nitrogens with zero attached hydrogens (tertiary/aromatic N) is 6. The minimum atomic E-state index is -3.50. The normalized spacial score (nSPS) is 21.3. The molecule has 1 unspecified atom stereocenters. The molecule has 2 aromatic heterocycles. The highest BCUT2D eigenvalue weighted by Gasteiger charge is 2.53. The van der Waals surface area contributed by atoms with Crippen LogP contribution in [0.4, 0.5) is 5.82 Å². The quantitative estimate of drug-likeness (QED) is 0.127. The minimum Gasteiger partial charge on any atom is -0.469 e. The number of hydrogen-bond donors (Lipinski definition) is 3. The van der Waals surface area contributed by atoms with E-state index in [1.165, 1.54) is 26.4 Å². The van der Waals surface area contributed by atoms with Crippen molar-refractivity contribution in [3.8, 4) is 5.88 Å². The molecule has 296 valence electrons. The van der Waals surface area contributed by atoms with Crippen LogP contribution >= 0.6 is 10.8 Å². The third kappa shape index (κ3) is 7.22. The molecule has 2 aliphatic heterocycles. The highest BCUT2D eigenvalue weighted by molar-refractivity contribution is 8.22. The Morgan fingerprint density at radius 2 is 1.82 bits per heavy atom. The van der Waals surface area contributed by atoms with Crippen molar-refractivity contribution in [2.24, 2.45) is 5.41 Å². The van der Waals surface area contributed by atoms with Gasteiger partial charge in [0.25, 0.3) is 0 Å². The Morgan fingerprint density at radius 3 is 2.51 bits per heavy atom. The minimum absolute atomic E-state index is 0.172. The molecule has 2 aliphatic carbocycles. The highest BCUT2D eigenvalue weighted by atomic mass is 32.3. The third-order valence-electron chi connectivity index (χ3n) is 12.4. The Bertz CT molecular complexity index is 2100. The van der Waals surface area contributed by atoms with Gasteiger partial charge in [0.15, 0.2) is 0 Å². The average Bonchev–Trinajstić information content (AvgIpc) is 4.09. The van der Waals surface area contributed by atoms with Gasteiger partial charge in [-0.05, 0) is 139 Å². The first-order valence-electron chi connectivity index (χ1n) is 20.0. The van der Waals surface area contributed by atoms with E-state index < -0.39 is 21.8 Å². The maximum Gasteiger partial charge on any atom is 0.312 e. The van der Waals surface area contributed by atoms with E-state index in [9.17, 15) is 13.9 Å². The number of methoxy groups -OCH3 is 1. The van der Waals surface area contributed by atoms with Crippen LogP contribution in [0.5, 0.6) is 5.88 Å². The molecule has 2 aromatic carbocycles.